The summed E-state index contributed by atoms with van der Waals surface area (Å²) in [7, 11) is 0. The molecule has 0 radical (unpaired) electrons. The number of hydrogen-bond acceptors (Lipinski definition) is 1. The van der Waals surface area contributed by atoms with E-state index in [9.17, 15) is 8.78 Å². The van der Waals surface area contributed by atoms with Crippen LogP contribution >= 0.6 is 0 Å². The molecule has 1 aromatic carbocycles. The Morgan fingerprint density at radius 3 is 2.69 bits per heavy atom. The Morgan fingerprint density at radius 1 is 1.38 bits per heavy atom. The van der Waals surface area contributed by atoms with Crippen molar-refractivity contribution in [3.05, 3.63) is 34.9 Å². The maximum absolute atomic E-state index is 13.2. The Kier molecular flexibility index (Phi) is 2.04. The van der Waals surface area contributed by atoms with Crippen LogP contribution in [0.25, 0.3) is 0 Å². The van der Waals surface area contributed by atoms with E-state index in [1.54, 1.807) is 19.1 Å². The third-order valence-corrected chi connectivity index (χ3v) is 2.21. The van der Waals surface area contributed by atoms with Gasteiger partial charge in [0, 0.05) is 6.42 Å². The summed E-state index contributed by atoms with van der Waals surface area (Å²) in [6.07, 6.45) is 0.569. The molecule has 0 spiro atoms. The van der Waals surface area contributed by atoms with Crippen LogP contribution in [0.1, 0.15) is 11.1 Å². The van der Waals surface area contributed by atoms with Crippen molar-refractivity contribution in [2.75, 3.05) is 6.61 Å². The fraction of sp³-hybridized carbons (Fsp3) is 0.400. The van der Waals surface area contributed by atoms with Gasteiger partial charge in [0.1, 0.15) is 0 Å². The van der Waals surface area contributed by atoms with Gasteiger partial charge in [-0.3, -0.25) is 0 Å². The number of halogens is 2. The lowest BCUT2D eigenvalue weighted by atomic mass is 10.1. The van der Waals surface area contributed by atoms with Crippen molar-refractivity contribution >= 4 is 0 Å². The lowest BCUT2D eigenvalue weighted by Gasteiger charge is -2.03. The zero-order valence-electron chi connectivity index (χ0n) is 7.31. The van der Waals surface area contributed by atoms with Crippen LogP contribution in [0.4, 0.5) is 8.78 Å². The molecular formula is C10H10F2O. The molecule has 0 bridgehead atoms. The lowest BCUT2D eigenvalue weighted by Crippen LogP contribution is -2.00. The van der Waals surface area contributed by atoms with E-state index in [-0.39, 0.29) is 6.10 Å². The number of rotatable bonds is 2. The van der Waals surface area contributed by atoms with Crippen molar-refractivity contribution in [3.63, 3.8) is 0 Å². The number of hydrogen-bond donors (Lipinski definition) is 0. The van der Waals surface area contributed by atoms with Gasteiger partial charge in [-0.2, -0.15) is 0 Å². The molecule has 1 heterocycles. The fourth-order valence-electron chi connectivity index (χ4n) is 1.27. The van der Waals surface area contributed by atoms with E-state index in [1.165, 1.54) is 0 Å². The first-order chi connectivity index (χ1) is 6.18. The predicted molar refractivity (Wildman–Crippen MR) is 44.5 cm³/mol. The van der Waals surface area contributed by atoms with Crippen molar-refractivity contribution in [3.8, 4) is 0 Å². The molecule has 1 fully saturated rings. The fourth-order valence-corrected chi connectivity index (χ4v) is 1.27. The van der Waals surface area contributed by atoms with Crippen LogP contribution in [0.3, 0.4) is 0 Å². The topological polar surface area (TPSA) is 12.5 Å². The molecule has 13 heavy (non-hydrogen) atoms. The molecule has 0 N–H and O–H groups in total. The van der Waals surface area contributed by atoms with E-state index in [0.29, 0.717) is 24.2 Å². The van der Waals surface area contributed by atoms with Gasteiger partial charge in [-0.1, -0.05) is 12.1 Å². The zero-order chi connectivity index (χ0) is 9.42. The van der Waals surface area contributed by atoms with Gasteiger partial charge >= 0.3 is 0 Å². The molecule has 0 amide bonds. The minimum atomic E-state index is -0.738. The quantitative estimate of drug-likeness (QED) is 0.642. The number of aryl methyl sites for hydroxylation is 1. The molecule has 1 saturated heterocycles. The number of epoxide rings is 1. The van der Waals surface area contributed by atoms with Gasteiger partial charge in [-0.15, -0.1) is 0 Å². The molecule has 2 rings (SSSR count). The predicted octanol–water partition coefficient (Wildman–Crippen LogP) is 2.21. The summed E-state index contributed by atoms with van der Waals surface area (Å²) in [6, 6.07) is 3.21. The van der Waals surface area contributed by atoms with Crippen LogP contribution in [-0.2, 0) is 11.2 Å². The summed E-state index contributed by atoms with van der Waals surface area (Å²) in [5.74, 6) is -1.46. The third-order valence-electron chi connectivity index (χ3n) is 2.21. The molecule has 1 aromatic rings. The van der Waals surface area contributed by atoms with Crippen LogP contribution in [0.2, 0.25) is 0 Å². The second kappa shape index (κ2) is 3.07. The highest BCUT2D eigenvalue weighted by atomic mass is 19.2. The molecule has 1 unspecified atom stereocenters. The van der Waals surface area contributed by atoms with Crippen LogP contribution in [-0.4, -0.2) is 12.7 Å². The molecule has 1 nitrogen and oxygen atoms in total. The summed E-state index contributed by atoms with van der Waals surface area (Å²) in [4.78, 5) is 0. The summed E-state index contributed by atoms with van der Waals surface area (Å²) in [5.41, 5.74) is 0.753. The standard InChI is InChI=1S/C10H10F2O/c1-6-2-3-7(4-8-5-13-8)10(12)9(6)11/h2-3,8H,4-5H2,1H3. The van der Waals surface area contributed by atoms with Crippen LogP contribution < -0.4 is 0 Å². The van der Waals surface area contributed by atoms with Crippen LogP contribution in [0, 0.1) is 18.6 Å². The third kappa shape index (κ3) is 1.70. The minimum Gasteiger partial charge on any atom is -0.373 e. The Hall–Kier alpha value is -0.960. The minimum absolute atomic E-state index is 0.0941. The highest BCUT2D eigenvalue weighted by Gasteiger charge is 2.25. The van der Waals surface area contributed by atoms with Gasteiger partial charge in [0.2, 0.25) is 0 Å². The molecule has 0 aliphatic carbocycles. The second-order valence-electron chi connectivity index (χ2n) is 3.33. The number of benzene rings is 1. The lowest BCUT2D eigenvalue weighted by molar-refractivity contribution is 0.402. The molecule has 3 heteroatoms. The van der Waals surface area contributed by atoms with E-state index in [4.69, 9.17) is 4.74 Å². The Bertz CT molecular complexity index is 332. The van der Waals surface area contributed by atoms with E-state index in [1.807, 2.05) is 0 Å². The van der Waals surface area contributed by atoms with Gasteiger partial charge in [-0.25, -0.2) is 8.78 Å². The van der Waals surface area contributed by atoms with Gasteiger partial charge in [0.05, 0.1) is 12.7 Å². The van der Waals surface area contributed by atoms with E-state index in [2.05, 4.69) is 0 Å². The second-order valence-corrected chi connectivity index (χ2v) is 3.33. The molecule has 0 aromatic heterocycles. The summed E-state index contributed by atoms with van der Waals surface area (Å²) < 4.78 is 31.2. The van der Waals surface area contributed by atoms with Crippen molar-refractivity contribution < 1.29 is 13.5 Å². The smallest absolute Gasteiger partial charge is 0.162 e. The SMILES string of the molecule is Cc1ccc(CC2CO2)c(F)c1F. The van der Waals surface area contributed by atoms with E-state index in [0.717, 1.165) is 0 Å². The first-order valence-corrected chi connectivity index (χ1v) is 4.23. The molecule has 1 atom stereocenters. The van der Waals surface area contributed by atoms with E-state index >= 15 is 0 Å². The highest BCUT2D eigenvalue weighted by molar-refractivity contribution is 5.26. The van der Waals surface area contributed by atoms with Gasteiger partial charge in [0.15, 0.2) is 11.6 Å². The van der Waals surface area contributed by atoms with Crippen LogP contribution in [0.5, 0.6) is 0 Å². The van der Waals surface area contributed by atoms with Crippen molar-refractivity contribution in [2.24, 2.45) is 0 Å². The van der Waals surface area contributed by atoms with Crippen molar-refractivity contribution in [1.82, 2.24) is 0 Å². The first kappa shape index (κ1) is 8.63. The summed E-state index contributed by atoms with van der Waals surface area (Å²) in [5, 5.41) is 0. The normalized spacial score (nSPS) is 20.4. The molecule has 1 aliphatic rings. The Labute approximate surface area is 75.3 Å². The number of ether oxygens (including phenoxy) is 1. The maximum Gasteiger partial charge on any atom is 0.162 e. The molecule has 70 valence electrons. The van der Waals surface area contributed by atoms with Crippen molar-refractivity contribution in [2.45, 2.75) is 19.4 Å². The zero-order valence-corrected chi connectivity index (χ0v) is 7.31. The monoisotopic (exact) mass is 184 g/mol. The van der Waals surface area contributed by atoms with Gasteiger partial charge in [0.25, 0.3) is 0 Å². The largest absolute Gasteiger partial charge is 0.373 e. The highest BCUT2D eigenvalue weighted by Crippen LogP contribution is 2.21. The first-order valence-electron chi connectivity index (χ1n) is 4.23. The average Bonchev–Trinajstić information content (AvgIpc) is 2.90. The van der Waals surface area contributed by atoms with Gasteiger partial charge < -0.3 is 4.74 Å². The summed E-state index contributed by atoms with van der Waals surface area (Å²) >= 11 is 0. The van der Waals surface area contributed by atoms with E-state index < -0.39 is 11.6 Å². The maximum atomic E-state index is 13.2. The van der Waals surface area contributed by atoms with Crippen LogP contribution in [0.15, 0.2) is 12.1 Å². The van der Waals surface area contributed by atoms with Crippen molar-refractivity contribution in [1.29, 1.82) is 0 Å². The Morgan fingerprint density at radius 2 is 2.08 bits per heavy atom. The molecule has 0 saturated carbocycles. The summed E-state index contributed by atoms with van der Waals surface area (Å²) in [6.45, 7) is 2.21. The average molecular weight is 184 g/mol. The Balaban J connectivity index is 2.29. The molecule has 1 aliphatic heterocycles. The molecular weight excluding hydrogens is 174 g/mol. The van der Waals surface area contributed by atoms with Gasteiger partial charge in [-0.05, 0) is 18.1 Å².